The molecule has 0 saturated heterocycles. The summed E-state index contributed by atoms with van der Waals surface area (Å²) in [7, 11) is 0. The fourth-order valence-corrected chi connectivity index (χ4v) is 5.58. The molecule has 0 amide bonds. The normalized spacial score (nSPS) is 12.9. The van der Waals surface area contributed by atoms with E-state index in [9.17, 15) is 0 Å². The van der Waals surface area contributed by atoms with Crippen LogP contribution in [0.25, 0.3) is 44.7 Å². The maximum Gasteiger partial charge on any atom is 0.164 e. The number of aromatic nitrogens is 3. The standard InChI is InChI=1S/C38H30N4O/c39-34-21-11-12-22-35(34)43-25-28-23-24-32(30-18-8-7-17-29(28)30)31-19-9-10-20-33(31)38-41-36(26-13-3-1-4-14-26)40-37(42-38)27-15-5-2-6-16-27/h1-9,11-19,21-24H,10,20,25,39H2. The van der Waals surface area contributed by atoms with Gasteiger partial charge in [0.1, 0.15) is 12.4 Å². The van der Waals surface area contributed by atoms with E-state index in [0.717, 1.165) is 57.0 Å². The van der Waals surface area contributed by atoms with Crippen LogP contribution in [0.15, 0.2) is 133 Å². The van der Waals surface area contributed by atoms with Gasteiger partial charge in [-0.25, -0.2) is 15.0 Å². The van der Waals surface area contributed by atoms with Crippen molar-refractivity contribution in [1.82, 2.24) is 15.0 Å². The van der Waals surface area contributed by atoms with Crippen molar-refractivity contribution in [1.29, 1.82) is 0 Å². The van der Waals surface area contributed by atoms with E-state index in [-0.39, 0.29) is 0 Å². The number of para-hydroxylation sites is 2. The van der Waals surface area contributed by atoms with Crippen LogP contribution >= 0.6 is 0 Å². The smallest absolute Gasteiger partial charge is 0.164 e. The van der Waals surface area contributed by atoms with Crippen molar-refractivity contribution in [2.45, 2.75) is 19.4 Å². The monoisotopic (exact) mass is 558 g/mol. The third-order valence-corrected chi connectivity index (χ3v) is 7.75. The number of benzene rings is 5. The molecule has 5 nitrogen and oxygen atoms in total. The van der Waals surface area contributed by atoms with Crippen LogP contribution in [0.1, 0.15) is 29.8 Å². The Morgan fingerprint density at radius 1 is 0.605 bits per heavy atom. The summed E-state index contributed by atoms with van der Waals surface area (Å²) in [5, 5.41) is 2.30. The molecule has 1 heterocycles. The van der Waals surface area contributed by atoms with Crippen LogP contribution in [0.4, 0.5) is 5.69 Å². The van der Waals surface area contributed by atoms with E-state index < -0.39 is 0 Å². The van der Waals surface area contributed by atoms with E-state index in [4.69, 9.17) is 25.4 Å². The highest BCUT2D eigenvalue weighted by Crippen LogP contribution is 2.38. The molecule has 5 heteroatoms. The second-order valence-corrected chi connectivity index (χ2v) is 10.5. The van der Waals surface area contributed by atoms with E-state index in [1.165, 1.54) is 0 Å². The number of nitrogens with zero attached hydrogens (tertiary/aromatic N) is 3. The lowest BCUT2D eigenvalue weighted by molar-refractivity contribution is 0.309. The average Bonchev–Trinajstić information content (AvgIpc) is 3.08. The maximum atomic E-state index is 6.14. The molecule has 6 aromatic rings. The Labute approximate surface area is 251 Å². The van der Waals surface area contributed by atoms with Gasteiger partial charge in [0.2, 0.25) is 0 Å². The minimum atomic E-state index is 0.422. The molecule has 1 aromatic heterocycles. The zero-order chi connectivity index (χ0) is 29.0. The third-order valence-electron chi connectivity index (χ3n) is 7.75. The fraction of sp³-hybridized carbons (Fsp3) is 0.0789. The molecule has 0 bridgehead atoms. The molecule has 0 atom stereocenters. The summed E-state index contributed by atoms with van der Waals surface area (Å²) in [5.41, 5.74) is 13.2. The Bertz CT molecular complexity index is 1920. The molecule has 0 spiro atoms. The Morgan fingerprint density at radius 2 is 1.21 bits per heavy atom. The highest BCUT2D eigenvalue weighted by Gasteiger charge is 2.20. The second-order valence-electron chi connectivity index (χ2n) is 10.5. The maximum absolute atomic E-state index is 6.14. The lowest BCUT2D eigenvalue weighted by Crippen LogP contribution is -2.06. The molecule has 43 heavy (non-hydrogen) atoms. The van der Waals surface area contributed by atoms with E-state index >= 15 is 0 Å². The second kappa shape index (κ2) is 11.7. The zero-order valence-corrected chi connectivity index (χ0v) is 23.7. The van der Waals surface area contributed by atoms with Gasteiger partial charge in [0.15, 0.2) is 17.5 Å². The van der Waals surface area contributed by atoms with Gasteiger partial charge >= 0.3 is 0 Å². The first kappa shape index (κ1) is 26.4. The van der Waals surface area contributed by atoms with Gasteiger partial charge in [-0.15, -0.1) is 0 Å². The molecular formula is C38H30N4O. The Hall–Kier alpha value is -5.55. The number of hydrogen-bond donors (Lipinski definition) is 1. The van der Waals surface area contributed by atoms with Gasteiger partial charge in [0.05, 0.1) is 5.69 Å². The lowest BCUT2D eigenvalue weighted by atomic mass is 9.88. The predicted octanol–water partition coefficient (Wildman–Crippen LogP) is 8.78. The number of ether oxygens (including phenoxy) is 1. The van der Waals surface area contributed by atoms with Crippen molar-refractivity contribution in [2.75, 3.05) is 5.73 Å². The first-order valence-corrected chi connectivity index (χ1v) is 14.5. The van der Waals surface area contributed by atoms with Crippen molar-refractivity contribution in [2.24, 2.45) is 0 Å². The molecule has 0 saturated carbocycles. The van der Waals surface area contributed by atoms with Crippen LogP contribution in [0, 0.1) is 0 Å². The van der Waals surface area contributed by atoms with Crippen LogP contribution in [-0.2, 0) is 6.61 Å². The van der Waals surface area contributed by atoms with Gasteiger partial charge < -0.3 is 10.5 Å². The molecule has 208 valence electrons. The SMILES string of the molecule is Nc1ccccc1OCc1ccc(C2=C(c3nc(-c4ccccc4)nc(-c4ccccc4)n3)CCC=C2)c2ccccc12. The van der Waals surface area contributed by atoms with Crippen LogP contribution < -0.4 is 10.5 Å². The number of hydrogen-bond acceptors (Lipinski definition) is 5. The Balaban J connectivity index is 1.36. The Kier molecular flexibility index (Phi) is 7.20. The first-order valence-electron chi connectivity index (χ1n) is 14.5. The summed E-state index contributed by atoms with van der Waals surface area (Å²) in [6.45, 7) is 0.422. The summed E-state index contributed by atoms with van der Waals surface area (Å²) in [4.78, 5) is 15.0. The van der Waals surface area contributed by atoms with Gasteiger partial charge in [0, 0.05) is 16.7 Å². The largest absolute Gasteiger partial charge is 0.487 e. The topological polar surface area (TPSA) is 73.9 Å². The number of nitrogen functional groups attached to an aromatic ring is 1. The fourth-order valence-electron chi connectivity index (χ4n) is 5.58. The van der Waals surface area contributed by atoms with Crippen LogP contribution in [0.2, 0.25) is 0 Å². The third kappa shape index (κ3) is 5.41. The van der Waals surface area contributed by atoms with Gasteiger partial charge in [-0.1, -0.05) is 121 Å². The van der Waals surface area contributed by atoms with E-state index in [0.29, 0.717) is 35.5 Å². The molecule has 0 unspecified atom stereocenters. The first-order chi connectivity index (χ1) is 21.2. The van der Waals surface area contributed by atoms with Crippen molar-refractivity contribution in [3.8, 4) is 28.5 Å². The molecule has 7 rings (SSSR count). The van der Waals surface area contributed by atoms with Gasteiger partial charge in [-0.3, -0.25) is 0 Å². The number of anilines is 1. The molecule has 1 aliphatic carbocycles. The average molecular weight is 559 g/mol. The number of fused-ring (bicyclic) bond motifs is 1. The van der Waals surface area contributed by atoms with Crippen molar-refractivity contribution in [3.05, 3.63) is 150 Å². The van der Waals surface area contributed by atoms with Crippen molar-refractivity contribution >= 4 is 27.6 Å². The minimum absolute atomic E-state index is 0.422. The lowest BCUT2D eigenvalue weighted by Gasteiger charge is -2.19. The summed E-state index contributed by atoms with van der Waals surface area (Å²) in [6.07, 6.45) is 6.22. The number of rotatable bonds is 7. The predicted molar refractivity (Wildman–Crippen MR) is 175 cm³/mol. The van der Waals surface area contributed by atoms with Gasteiger partial charge in [0.25, 0.3) is 0 Å². The van der Waals surface area contributed by atoms with E-state index in [2.05, 4.69) is 48.6 Å². The summed E-state index contributed by atoms with van der Waals surface area (Å²) in [5.74, 6) is 2.74. The van der Waals surface area contributed by atoms with E-state index in [1.807, 2.05) is 84.9 Å². The molecule has 5 aromatic carbocycles. The van der Waals surface area contributed by atoms with Crippen LogP contribution in [-0.4, -0.2) is 15.0 Å². The molecule has 0 aliphatic heterocycles. The van der Waals surface area contributed by atoms with Crippen LogP contribution in [0.5, 0.6) is 5.75 Å². The summed E-state index contributed by atoms with van der Waals surface area (Å²) < 4.78 is 6.14. The molecule has 0 fully saturated rings. The van der Waals surface area contributed by atoms with Gasteiger partial charge in [-0.2, -0.15) is 0 Å². The molecule has 2 N–H and O–H groups in total. The highest BCUT2D eigenvalue weighted by atomic mass is 16.5. The summed E-state index contributed by atoms with van der Waals surface area (Å²) >= 11 is 0. The Morgan fingerprint density at radius 3 is 1.91 bits per heavy atom. The molecular weight excluding hydrogens is 528 g/mol. The van der Waals surface area contributed by atoms with E-state index in [1.54, 1.807) is 0 Å². The number of allylic oxidation sites excluding steroid dienone is 4. The summed E-state index contributed by atoms with van der Waals surface area (Å²) in [6, 6.07) is 40.7. The highest BCUT2D eigenvalue weighted by molar-refractivity contribution is 6.05. The van der Waals surface area contributed by atoms with Gasteiger partial charge in [-0.05, 0) is 52.4 Å². The minimum Gasteiger partial charge on any atom is -0.487 e. The quantitative estimate of drug-likeness (QED) is 0.198. The van der Waals surface area contributed by atoms with Crippen molar-refractivity contribution < 1.29 is 4.74 Å². The van der Waals surface area contributed by atoms with Crippen molar-refractivity contribution in [3.63, 3.8) is 0 Å². The molecule has 1 aliphatic rings. The van der Waals surface area contributed by atoms with Crippen LogP contribution in [0.3, 0.4) is 0 Å². The zero-order valence-electron chi connectivity index (χ0n) is 23.7. The molecule has 0 radical (unpaired) electrons. The number of nitrogens with two attached hydrogens (primary N) is 1.